The van der Waals surface area contributed by atoms with E-state index in [4.69, 9.17) is 9.05 Å². The van der Waals surface area contributed by atoms with Crippen molar-refractivity contribution in [3.63, 3.8) is 0 Å². The molecule has 1 aromatic carbocycles. The van der Waals surface area contributed by atoms with Crippen molar-refractivity contribution < 1.29 is 27.1 Å². The Kier molecular flexibility index (Phi) is 8.25. The fourth-order valence-electron chi connectivity index (χ4n) is 2.36. The fourth-order valence-corrected chi connectivity index (χ4v) is 4.80. The lowest BCUT2D eigenvalue weighted by molar-refractivity contribution is 0.137. The first-order valence-electron chi connectivity index (χ1n) is 8.00. The van der Waals surface area contributed by atoms with Gasteiger partial charge in [-0.1, -0.05) is 31.5 Å². The van der Waals surface area contributed by atoms with E-state index in [-0.39, 0.29) is 17.0 Å². The Bertz CT molecular complexity index is 681. The van der Waals surface area contributed by atoms with Crippen molar-refractivity contribution >= 4 is 17.6 Å². The van der Waals surface area contributed by atoms with E-state index in [0.717, 1.165) is 5.56 Å². The lowest BCUT2D eigenvalue weighted by atomic mass is 10.0. The Morgan fingerprint density at radius 2 is 1.68 bits per heavy atom. The molecule has 0 aromatic heterocycles. The maximum Gasteiger partial charge on any atom is 0.332 e. The van der Waals surface area contributed by atoms with Crippen LogP contribution < -0.4 is 4.72 Å². The molecule has 0 spiro atoms. The number of rotatable bonds is 10. The summed E-state index contributed by atoms with van der Waals surface area (Å²) in [5.74, 6) is 0.116. The molecule has 0 aliphatic heterocycles. The fraction of sp³-hybridized carbons (Fsp3) is 0.625. The van der Waals surface area contributed by atoms with Crippen LogP contribution in [0.3, 0.4) is 0 Å². The second-order valence-corrected chi connectivity index (χ2v) is 10.4. The molecule has 2 atom stereocenters. The molecule has 0 radical (unpaired) electrons. The highest BCUT2D eigenvalue weighted by Crippen LogP contribution is 2.47. The molecule has 0 saturated carbocycles. The molecular formula is C16H28NO6PS. The van der Waals surface area contributed by atoms with E-state index in [1.165, 1.54) is 26.4 Å². The van der Waals surface area contributed by atoms with Crippen LogP contribution in [0.15, 0.2) is 29.2 Å². The molecule has 0 aliphatic carbocycles. The SMILES string of the molecule is COP(=O)(C[C@@H](O)[C@H](CC(C)C)NS(=O)(=O)c1ccc(C)cc1)OC. The highest BCUT2D eigenvalue weighted by molar-refractivity contribution is 7.89. The predicted molar refractivity (Wildman–Crippen MR) is 97.2 cm³/mol. The van der Waals surface area contributed by atoms with E-state index in [9.17, 15) is 18.1 Å². The third kappa shape index (κ3) is 6.81. The minimum Gasteiger partial charge on any atom is -0.391 e. The van der Waals surface area contributed by atoms with Crippen molar-refractivity contribution in [3.05, 3.63) is 29.8 Å². The average molecular weight is 393 g/mol. The van der Waals surface area contributed by atoms with Crippen LogP contribution in [0, 0.1) is 12.8 Å². The maximum atomic E-state index is 12.6. The second-order valence-electron chi connectivity index (χ2n) is 6.40. The van der Waals surface area contributed by atoms with Crippen molar-refractivity contribution in [1.29, 1.82) is 0 Å². The zero-order valence-corrected chi connectivity index (χ0v) is 17.0. The highest BCUT2D eigenvalue weighted by Gasteiger charge is 2.33. The summed E-state index contributed by atoms with van der Waals surface area (Å²) in [6, 6.07) is 5.60. The zero-order chi connectivity index (χ0) is 19.3. The molecular weight excluding hydrogens is 365 g/mol. The van der Waals surface area contributed by atoms with Crippen molar-refractivity contribution in [2.75, 3.05) is 20.4 Å². The molecule has 1 aromatic rings. The Morgan fingerprint density at radius 3 is 2.12 bits per heavy atom. The molecule has 0 saturated heterocycles. The first-order valence-corrected chi connectivity index (χ1v) is 11.2. The summed E-state index contributed by atoms with van der Waals surface area (Å²) in [5.41, 5.74) is 0.943. The summed E-state index contributed by atoms with van der Waals surface area (Å²) >= 11 is 0. The summed E-state index contributed by atoms with van der Waals surface area (Å²) in [7, 11) is -4.83. The molecule has 0 bridgehead atoms. The molecule has 9 heteroatoms. The maximum absolute atomic E-state index is 12.6. The van der Waals surface area contributed by atoms with Crippen LogP contribution >= 0.6 is 7.60 Å². The number of hydrogen-bond donors (Lipinski definition) is 2. The number of aryl methyl sites for hydroxylation is 1. The lowest BCUT2D eigenvalue weighted by Crippen LogP contribution is -2.45. The Balaban J connectivity index is 3.02. The van der Waals surface area contributed by atoms with Gasteiger partial charge in [-0.2, -0.15) is 0 Å². The van der Waals surface area contributed by atoms with Gasteiger partial charge in [0.1, 0.15) is 0 Å². The largest absolute Gasteiger partial charge is 0.391 e. The number of benzene rings is 1. The first-order chi connectivity index (χ1) is 11.5. The third-order valence-electron chi connectivity index (χ3n) is 3.79. The van der Waals surface area contributed by atoms with Gasteiger partial charge in [0.25, 0.3) is 0 Å². The topological polar surface area (TPSA) is 102 Å². The van der Waals surface area contributed by atoms with Gasteiger partial charge in [-0.05, 0) is 31.4 Å². The molecule has 0 unspecified atom stereocenters. The van der Waals surface area contributed by atoms with E-state index in [0.29, 0.717) is 6.42 Å². The average Bonchev–Trinajstić information content (AvgIpc) is 2.53. The van der Waals surface area contributed by atoms with E-state index in [1.807, 2.05) is 20.8 Å². The number of aliphatic hydroxyl groups excluding tert-OH is 1. The predicted octanol–water partition coefficient (Wildman–Crippen LogP) is 2.53. The standard InChI is InChI=1S/C16H28NO6PS/c1-12(2)10-15(16(18)11-24(19,22-4)23-5)17-25(20,21)14-8-6-13(3)7-9-14/h6-9,12,15-18H,10-11H2,1-5H3/t15-,16+/m0/s1. The Morgan fingerprint density at radius 1 is 1.16 bits per heavy atom. The quantitative estimate of drug-likeness (QED) is 0.592. The molecule has 0 aliphatic rings. The van der Waals surface area contributed by atoms with Gasteiger partial charge in [0.05, 0.1) is 17.2 Å². The molecule has 25 heavy (non-hydrogen) atoms. The molecule has 1 rings (SSSR count). The van der Waals surface area contributed by atoms with Gasteiger partial charge in [0.2, 0.25) is 10.0 Å². The zero-order valence-electron chi connectivity index (χ0n) is 15.3. The molecule has 0 fully saturated rings. The van der Waals surface area contributed by atoms with Crippen molar-refractivity contribution in [1.82, 2.24) is 4.72 Å². The number of aliphatic hydroxyl groups is 1. The van der Waals surface area contributed by atoms with Crippen molar-refractivity contribution in [2.45, 2.75) is 44.2 Å². The third-order valence-corrected chi connectivity index (χ3v) is 7.23. The van der Waals surface area contributed by atoms with Crippen LogP contribution in [0.1, 0.15) is 25.8 Å². The van der Waals surface area contributed by atoms with Crippen LogP contribution in [-0.2, 0) is 23.6 Å². The summed E-state index contributed by atoms with van der Waals surface area (Å²) in [6.45, 7) is 5.68. The van der Waals surface area contributed by atoms with E-state index in [2.05, 4.69) is 4.72 Å². The van der Waals surface area contributed by atoms with E-state index in [1.54, 1.807) is 12.1 Å². The monoisotopic (exact) mass is 393 g/mol. The van der Waals surface area contributed by atoms with Crippen molar-refractivity contribution in [2.24, 2.45) is 5.92 Å². The normalized spacial score (nSPS) is 15.3. The van der Waals surface area contributed by atoms with Gasteiger partial charge in [-0.15, -0.1) is 0 Å². The Labute approximate surface area is 150 Å². The van der Waals surface area contributed by atoms with Gasteiger partial charge in [0.15, 0.2) is 0 Å². The van der Waals surface area contributed by atoms with Crippen LogP contribution in [0.25, 0.3) is 0 Å². The minimum absolute atomic E-state index is 0.112. The molecule has 0 amide bonds. The van der Waals surface area contributed by atoms with E-state index < -0.39 is 29.8 Å². The van der Waals surface area contributed by atoms with Crippen LogP contribution in [-0.4, -0.2) is 46.1 Å². The van der Waals surface area contributed by atoms with Crippen LogP contribution in [0.5, 0.6) is 0 Å². The minimum atomic E-state index is -3.82. The molecule has 7 nitrogen and oxygen atoms in total. The number of nitrogens with one attached hydrogen (secondary N) is 1. The van der Waals surface area contributed by atoms with Gasteiger partial charge in [0, 0.05) is 20.3 Å². The van der Waals surface area contributed by atoms with Gasteiger partial charge < -0.3 is 14.2 Å². The summed E-state index contributed by atoms with van der Waals surface area (Å²) in [5, 5.41) is 10.5. The highest BCUT2D eigenvalue weighted by atomic mass is 32.2. The molecule has 0 heterocycles. The van der Waals surface area contributed by atoms with E-state index >= 15 is 0 Å². The first kappa shape index (κ1) is 22.3. The summed E-state index contributed by atoms with van der Waals surface area (Å²) in [6.07, 6.45) is -1.14. The summed E-state index contributed by atoms with van der Waals surface area (Å²) in [4.78, 5) is 0.112. The summed E-state index contributed by atoms with van der Waals surface area (Å²) < 4.78 is 49.6. The van der Waals surface area contributed by atoms with Crippen LogP contribution in [0.2, 0.25) is 0 Å². The smallest absolute Gasteiger partial charge is 0.332 e. The number of hydrogen-bond acceptors (Lipinski definition) is 6. The van der Waals surface area contributed by atoms with Gasteiger partial charge in [-0.25, -0.2) is 13.1 Å². The van der Waals surface area contributed by atoms with Gasteiger partial charge >= 0.3 is 7.60 Å². The van der Waals surface area contributed by atoms with Crippen molar-refractivity contribution in [3.8, 4) is 0 Å². The lowest BCUT2D eigenvalue weighted by Gasteiger charge is -2.27. The second kappa shape index (κ2) is 9.26. The Hall–Kier alpha value is -0.760. The molecule has 2 N–H and O–H groups in total. The molecule has 144 valence electrons. The van der Waals surface area contributed by atoms with Gasteiger partial charge in [-0.3, -0.25) is 4.57 Å². The van der Waals surface area contributed by atoms with Crippen LogP contribution in [0.4, 0.5) is 0 Å². The number of sulfonamides is 1.